The van der Waals surface area contributed by atoms with Crippen LogP contribution in [0.2, 0.25) is 0 Å². The van der Waals surface area contributed by atoms with Crippen molar-refractivity contribution in [2.24, 2.45) is 0 Å². The average Bonchev–Trinajstić information content (AvgIpc) is 2.42. The van der Waals surface area contributed by atoms with Crippen LogP contribution < -0.4 is 5.32 Å². The normalized spacial score (nSPS) is 10.7. The van der Waals surface area contributed by atoms with Crippen LogP contribution in [0.3, 0.4) is 0 Å². The van der Waals surface area contributed by atoms with Crippen LogP contribution in [0.5, 0.6) is 0 Å². The smallest absolute Gasteiger partial charge is 0.356 e. The monoisotopic (exact) mass is 349 g/mol. The molecule has 0 spiro atoms. The van der Waals surface area contributed by atoms with Crippen molar-refractivity contribution in [1.82, 2.24) is 9.97 Å². The summed E-state index contributed by atoms with van der Waals surface area (Å²) in [5.41, 5.74) is 2.18. The first-order chi connectivity index (χ1) is 9.88. The first-order valence-corrected chi connectivity index (χ1v) is 7.31. The molecule has 2 N–H and O–H groups in total. The van der Waals surface area contributed by atoms with E-state index in [1.165, 1.54) is 6.20 Å². The van der Waals surface area contributed by atoms with E-state index in [2.05, 4.69) is 31.2 Å². The lowest BCUT2D eigenvalue weighted by molar-refractivity contribution is 0.0691. The first kappa shape index (κ1) is 15.4. The van der Waals surface area contributed by atoms with Crippen molar-refractivity contribution in [1.29, 1.82) is 0 Å². The maximum Gasteiger partial charge on any atom is 0.356 e. The largest absolute Gasteiger partial charge is 0.476 e. The Bertz CT molecular complexity index is 687. The molecule has 6 heteroatoms. The average molecular weight is 350 g/mol. The number of aromatic carboxylic acids is 1. The Morgan fingerprint density at radius 1 is 1.33 bits per heavy atom. The molecule has 21 heavy (non-hydrogen) atoms. The first-order valence-electron chi connectivity index (χ1n) is 6.52. The van der Waals surface area contributed by atoms with Gasteiger partial charge in [-0.2, -0.15) is 0 Å². The Kier molecular flexibility index (Phi) is 4.57. The third kappa shape index (κ3) is 3.58. The van der Waals surface area contributed by atoms with E-state index >= 15 is 0 Å². The predicted molar refractivity (Wildman–Crippen MR) is 85.2 cm³/mol. The number of hydrogen-bond donors (Lipinski definition) is 2. The summed E-state index contributed by atoms with van der Waals surface area (Å²) in [6.45, 7) is 5.79. The Labute approximate surface area is 131 Å². The van der Waals surface area contributed by atoms with Crippen LogP contribution in [0.4, 0.5) is 11.4 Å². The molecule has 0 saturated heterocycles. The van der Waals surface area contributed by atoms with Gasteiger partial charge in [0, 0.05) is 16.1 Å². The molecule has 0 aliphatic carbocycles. The van der Waals surface area contributed by atoms with Gasteiger partial charge in [-0.05, 0) is 24.6 Å². The van der Waals surface area contributed by atoms with E-state index < -0.39 is 5.97 Å². The zero-order valence-electron chi connectivity index (χ0n) is 12.0. The number of aryl methyl sites for hydroxylation is 1. The number of carboxylic acids is 1. The fraction of sp³-hybridized carbons (Fsp3) is 0.267. The molecule has 5 nitrogen and oxygen atoms in total. The molecule has 0 aliphatic heterocycles. The lowest BCUT2D eigenvalue weighted by atomic mass is 10.2. The summed E-state index contributed by atoms with van der Waals surface area (Å²) in [7, 11) is 0. The quantitative estimate of drug-likeness (QED) is 0.868. The Morgan fingerprint density at radius 2 is 2.05 bits per heavy atom. The second-order valence-corrected chi connectivity index (χ2v) is 5.95. The number of nitrogens with zero attached hydrogens (tertiary/aromatic N) is 2. The third-order valence-corrected chi connectivity index (χ3v) is 3.49. The van der Waals surface area contributed by atoms with Crippen molar-refractivity contribution in [3.05, 3.63) is 46.0 Å². The van der Waals surface area contributed by atoms with Crippen LogP contribution in [0.1, 0.15) is 41.6 Å². The molecule has 0 unspecified atom stereocenters. The standard InChI is InChI=1S/C15H16BrN3O2/c1-8(2)14-17-7-12(13(19-14)15(20)21)18-11-6-10(16)5-4-9(11)3/h4-8,18H,1-3H3,(H,20,21). The van der Waals surface area contributed by atoms with Gasteiger partial charge in [0.05, 0.1) is 11.9 Å². The molecule has 0 atom stereocenters. The minimum absolute atomic E-state index is 0.0203. The molecule has 1 heterocycles. The maximum atomic E-state index is 11.4. The molecule has 110 valence electrons. The van der Waals surface area contributed by atoms with E-state index in [1.54, 1.807) is 0 Å². The van der Waals surface area contributed by atoms with Crippen molar-refractivity contribution < 1.29 is 9.90 Å². The molecule has 0 aliphatic rings. The molecule has 1 aromatic heterocycles. The summed E-state index contributed by atoms with van der Waals surface area (Å²) in [6.07, 6.45) is 1.52. The minimum atomic E-state index is -1.07. The lowest BCUT2D eigenvalue weighted by Gasteiger charge is -2.13. The van der Waals surface area contributed by atoms with Crippen molar-refractivity contribution in [2.75, 3.05) is 5.32 Å². The van der Waals surface area contributed by atoms with Gasteiger partial charge < -0.3 is 10.4 Å². The number of aromatic nitrogens is 2. The van der Waals surface area contributed by atoms with Crippen molar-refractivity contribution in [3.63, 3.8) is 0 Å². The molecule has 0 radical (unpaired) electrons. The highest BCUT2D eigenvalue weighted by atomic mass is 79.9. The number of halogens is 1. The highest BCUT2D eigenvalue weighted by Crippen LogP contribution is 2.26. The summed E-state index contributed by atoms with van der Waals surface area (Å²) in [4.78, 5) is 19.8. The SMILES string of the molecule is Cc1ccc(Br)cc1Nc1cnc(C(C)C)nc1C(=O)O. The van der Waals surface area contributed by atoms with Gasteiger partial charge in [-0.3, -0.25) is 0 Å². The zero-order chi connectivity index (χ0) is 15.6. The van der Waals surface area contributed by atoms with Gasteiger partial charge in [0.1, 0.15) is 5.82 Å². The fourth-order valence-corrected chi connectivity index (χ4v) is 2.16. The lowest BCUT2D eigenvalue weighted by Crippen LogP contribution is -2.10. The number of nitrogens with one attached hydrogen (secondary N) is 1. The molecular weight excluding hydrogens is 334 g/mol. The number of rotatable bonds is 4. The fourth-order valence-electron chi connectivity index (χ4n) is 1.80. The van der Waals surface area contributed by atoms with Gasteiger partial charge in [0.15, 0.2) is 5.69 Å². The second-order valence-electron chi connectivity index (χ2n) is 5.03. The van der Waals surface area contributed by atoms with Crippen LogP contribution in [0.25, 0.3) is 0 Å². The van der Waals surface area contributed by atoms with E-state index in [0.717, 1.165) is 15.7 Å². The van der Waals surface area contributed by atoms with Crippen LogP contribution >= 0.6 is 15.9 Å². The van der Waals surface area contributed by atoms with Crippen molar-refractivity contribution >= 4 is 33.3 Å². The van der Waals surface area contributed by atoms with Crippen molar-refractivity contribution in [2.45, 2.75) is 26.7 Å². The van der Waals surface area contributed by atoms with Gasteiger partial charge in [-0.1, -0.05) is 35.8 Å². The van der Waals surface area contributed by atoms with Crippen LogP contribution in [0, 0.1) is 6.92 Å². The number of anilines is 2. The predicted octanol–water partition coefficient (Wildman–Crippen LogP) is 4.11. The number of carboxylic acid groups (broad SMARTS) is 1. The summed E-state index contributed by atoms with van der Waals surface area (Å²) in [5.74, 6) is -0.483. The van der Waals surface area contributed by atoms with Gasteiger partial charge in [0.2, 0.25) is 0 Å². The summed E-state index contributed by atoms with van der Waals surface area (Å²) >= 11 is 3.40. The van der Waals surface area contributed by atoms with Gasteiger partial charge in [-0.15, -0.1) is 0 Å². The number of benzene rings is 1. The van der Waals surface area contributed by atoms with E-state index in [1.807, 2.05) is 39.0 Å². The summed E-state index contributed by atoms with van der Waals surface area (Å²) in [5, 5.41) is 12.4. The molecule has 0 bridgehead atoms. The molecule has 2 rings (SSSR count). The topological polar surface area (TPSA) is 75.1 Å². The minimum Gasteiger partial charge on any atom is -0.476 e. The molecule has 1 aromatic carbocycles. The Hall–Kier alpha value is -1.95. The molecule has 2 aromatic rings. The van der Waals surface area contributed by atoms with Crippen LogP contribution in [0.15, 0.2) is 28.9 Å². The van der Waals surface area contributed by atoms with E-state index in [9.17, 15) is 9.90 Å². The highest BCUT2D eigenvalue weighted by Gasteiger charge is 2.16. The van der Waals surface area contributed by atoms with Gasteiger partial charge in [0.25, 0.3) is 0 Å². The molecular formula is C15H16BrN3O2. The van der Waals surface area contributed by atoms with Crippen LogP contribution in [-0.2, 0) is 0 Å². The molecule has 0 saturated carbocycles. The Morgan fingerprint density at radius 3 is 2.67 bits per heavy atom. The molecule has 0 amide bonds. The van der Waals surface area contributed by atoms with Gasteiger partial charge >= 0.3 is 5.97 Å². The number of hydrogen-bond acceptors (Lipinski definition) is 4. The summed E-state index contributed by atoms with van der Waals surface area (Å²) < 4.78 is 0.909. The van der Waals surface area contributed by atoms with Crippen LogP contribution in [-0.4, -0.2) is 21.0 Å². The molecule has 0 fully saturated rings. The highest BCUT2D eigenvalue weighted by molar-refractivity contribution is 9.10. The Balaban J connectivity index is 2.44. The van der Waals surface area contributed by atoms with E-state index in [-0.39, 0.29) is 11.6 Å². The maximum absolute atomic E-state index is 11.4. The van der Waals surface area contributed by atoms with E-state index in [4.69, 9.17) is 0 Å². The van der Waals surface area contributed by atoms with E-state index in [0.29, 0.717) is 11.5 Å². The number of carbonyl (C=O) groups is 1. The second kappa shape index (κ2) is 6.22. The third-order valence-electron chi connectivity index (χ3n) is 3.00. The zero-order valence-corrected chi connectivity index (χ0v) is 13.6. The van der Waals surface area contributed by atoms with Crippen molar-refractivity contribution in [3.8, 4) is 0 Å². The van der Waals surface area contributed by atoms with Gasteiger partial charge in [-0.25, -0.2) is 14.8 Å². The summed E-state index contributed by atoms with van der Waals surface area (Å²) in [6, 6.07) is 5.75.